The second-order valence-corrected chi connectivity index (χ2v) is 6.83. The van der Waals surface area contributed by atoms with Gasteiger partial charge in [0.05, 0.1) is 12.7 Å². The molecule has 0 radical (unpaired) electrons. The number of hydrogen-bond acceptors (Lipinski definition) is 6. The molecule has 0 bridgehead atoms. The van der Waals surface area contributed by atoms with Crippen LogP contribution in [0.3, 0.4) is 0 Å². The van der Waals surface area contributed by atoms with E-state index in [1.54, 1.807) is 6.08 Å². The Morgan fingerprint density at radius 1 is 1.20 bits per heavy atom. The van der Waals surface area contributed by atoms with Crippen LogP contribution in [0.25, 0.3) is 0 Å². The van der Waals surface area contributed by atoms with E-state index >= 15 is 0 Å². The highest BCUT2D eigenvalue weighted by molar-refractivity contribution is 7.17. The normalized spacial score (nSPS) is 13.8. The van der Waals surface area contributed by atoms with Gasteiger partial charge >= 0.3 is 11.9 Å². The van der Waals surface area contributed by atoms with Crippen molar-refractivity contribution in [2.45, 2.75) is 45.4 Å². The predicted octanol–water partition coefficient (Wildman–Crippen LogP) is 3.25. The van der Waals surface area contributed by atoms with E-state index < -0.39 is 24.5 Å². The molecule has 1 aromatic rings. The molecular formula is C18H23NO5S. The van der Waals surface area contributed by atoms with E-state index in [0.717, 1.165) is 42.5 Å². The van der Waals surface area contributed by atoms with Gasteiger partial charge in [-0.05, 0) is 37.7 Å². The molecule has 0 saturated heterocycles. The highest BCUT2D eigenvalue weighted by Gasteiger charge is 2.26. The van der Waals surface area contributed by atoms with Crippen molar-refractivity contribution in [2.24, 2.45) is 0 Å². The van der Waals surface area contributed by atoms with Crippen molar-refractivity contribution in [2.75, 3.05) is 19.0 Å². The van der Waals surface area contributed by atoms with E-state index in [2.05, 4.69) is 5.32 Å². The van der Waals surface area contributed by atoms with Crippen LogP contribution in [-0.4, -0.2) is 31.6 Å². The zero-order valence-electron chi connectivity index (χ0n) is 14.6. The number of rotatable bonds is 6. The number of fused-ring (bicyclic) bond motifs is 1. The fourth-order valence-corrected chi connectivity index (χ4v) is 4.00. The quantitative estimate of drug-likeness (QED) is 0.475. The number of ether oxygens (including phenoxy) is 2. The summed E-state index contributed by atoms with van der Waals surface area (Å²) < 4.78 is 9.77. The number of aryl methyl sites for hydroxylation is 1. The van der Waals surface area contributed by atoms with E-state index in [1.807, 2.05) is 6.92 Å². The van der Waals surface area contributed by atoms with Crippen molar-refractivity contribution in [3.05, 3.63) is 28.2 Å². The summed E-state index contributed by atoms with van der Waals surface area (Å²) in [7, 11) is 1.33. The molecule has 0 saturated carbocycles. The lowest BCUT2D eigenvalue weighted by atomic mass is 10.1. The zero-order chi connectivity index (χ0) is 18.2. The molecule has 6 nitrogen and oxygen atoms in total. The Hall–Kier alpha value is -2.15. The maximum atomic E-state index is 12.2. The van der Waals surface area contributed by atoms with Crippen molar-refractivity contribution in [3.8, 4) is 0 Å². The van der Waals surface area contributed by atoms with Crippen LogP contribution in [0, 0.1) is 0 Å². The highest BCUT2D eigenvalue weighted by Crippen LogP contribution is 2.37. The van der Waals surface area contributed by atoms with Gasteiger partial charge in [-0.3, -0.25) is 4.79 Å². The van der Waals surface area contributed by atoms with Gasteiger partial charge in [0.15, 0.2) is 6.61 Å². The van der Waals surface area contributed by atoms with E-state index in [-0.39, 0.29) is 0 Å². The molecule has 25 heavy (non-hydrogen) atoms. The number of nitrogens with one attached hydrogen (secondary N) is 1. The van der Waals surface area contributed by atoms with Crippen LogP contribution in [0.5, 0.6) is 0 Å². The maximum Gasteiger partial charge on any atom is 0.341 e. The molecule has 1 heterocycles. The number of esters is 2. The summed E-state index contributed by atoms with van der Waals surface area (Å²) in [5.41, 5.74) is 1.42. The summed E-state index contributed by atoms with van der Waals surface area (Å²) in [6.45, 7) is 1.50. The van der Waals surface area contributed by atoms with Gasteiger partial charge in [-0.25, -0.2) is 9.59 Å². The molecule has 136 valence electrons. The van der Waals surface area contributed by atoms with Crippen LogP contribution in [0.2, 0.25) is 0 Å². The topological polar surface area (TPSA) is 81.7 Å². The summed E-state index contributed by atoms with van der Waals surface area (Å²) in [5.74, 6) is -1.48. The smallest absolute Gasteiger partial charge is 0.341 e. The molecule has 1 aliphatic carbocycles. The van der Waals surface area contributed by atoms with Crippen LogP contribution >= 0.6 is 11.3 Å². The van der Waals surface area contributed by atoms with Gasteiger partial charge < -0.3 is 14.8 Å². The van der Waals surface area contributed by atoms with E-state index in [4.69, 9.17) is 9.47 Å². The largest absolute Gasteiger partial charge is 0.465 e. The molecule has 0 aliphatic heterocycles. The Morgan fingerprint density at radius 3 is 2.68 bits per heavy atom. The Balaban J connectivity index is 2.10. The number of hydrogen-bond donors (Lipinski definition) is 1. The second kappa shape index (κ2) is 9.36. The second-order valence-electron chi connectivity index (χ2n) is 5.73. The molecule has 1 aliphatic rings. The lowest BCUT2D eigenvalue weighted by Crippen LogP contribution is -2.21. The fraction of sp³-hybridized carbons (Fsp3) is 0.500. The molecular weight excluding hydrogens is 342 g/mol. The predicted molar refractivity (Wildman–Crippen MR) is 95.9 cm³/mol. The van der Waals surface area contributed by atoms with Crippen molar-refractivity contribution >= 4 is 34.2 Å². The van der Waals surface area contributed by atoms with Crippen molar-refractivity contribution in [1.29, 1.82) is 0 Å². The first kappa shape index (κ1) is 19.2. The van der Waals surface area contributed by atoms with E-state index in [0.29, 0.717) is 17.0 Å². The molecule has 0 unspecified atom stereocenters. The molecule has 0 spiro atoms. The summed E-state index contributed by atoms with van der Waals surface area (Å²) in [6.07, 6.45) is 8.59. The lowest BCUT2D eigenvalue weighted by Gasteiger charge is -2.07. The van der Waals surface area contributed by atoms with E-state index in [9.17, 15) is 14.4 Å². The van der Waals surface area contributed by atoms with Crippen molar-refractivity contribution in [1.82, 2.24) is 0 Å². The third-order valence-electron chi connectivity index (χ3n) is 3.90. The minimum absolute atomic E-state index is 0.393. The van der Waals surface area contributed by atoms with E-state index in [1.165, 1.54) is 24.5 Å². The van der Waals surface area contributed by atoms with Crippen molar-refractivity contribution < 1.29 is 23.9 Å². The van der Waals surface area contributed by atoms with Crippen LogP contribution in [0.15, 0.2) is 12.2 Å². The summed E-state index contributed by atoms with van der Waals surface area (Å²) >= 11 is 1.41. The number of amides is 1. The van der Waals surface area contributed by atoms with Gasteiger partial charge in [-0.1, -0.05) is 19.4 Å². The maximum absolute atomic E-state index is 12.2. The lowest BCUT2D eigenvalue weighted by molar-refractivity contribution is -0.142. The van der Waals surface area contributed by atoms with Crippen LogP contribution in [-0.2, 0) is 31.9 Å². The SMILES string of the molecule is CC/C=C/C(=O)OCC(=O)Nc1sc2c(c1C(=O)OC)CCCCC2. The van der Waals surface area contributed by atoms with Crippen molar-refractivity contribution in [3.63, 3.8) is 0 Å². The number of carbonyl (C=O) groups is 3. The third-order valence-corrected chi connectivity index (χ3v) is 5.11. The van der Waals surface area contributed by atoms with Gasteiger partial charge in [0.1, 0.15) is 5.00 Å². The van der Waals surface area contributed by atoms with Gasteiger partial charge in [-0.2, -0.15) is 0 Å². The average Bonchev–Trinajstić information content (AvgIpc) is 2.78. The Labute approximate surface area is 151 Å². The Bertz CT molecular complexity index is 677. The van der Waals surface area contributed by atoms with Crippen LogP contribution in [0.4, 0.5) is 5.00 Å². The minimum Gasteiger partial charge on any atom is -0.465 e. The number of allylic oxidation sites excluding steroid dienone is 1. The number of methoxy groups -OCH3 is 1. The van der Waals surface area contributed by atoms with Crippen LogP contribution in [0.1, 0.15) is 53.4 Å². The first-order valence-corrected chi connectivity index (χ1v) is 9.24. The molecule has 0 atom stereocenters. The number of carbonyl (C=O) groups excluding carboxylic acids is 3. The molecule has 1 N–H and O–H groups in total. The summed E-state index contributed by atoms with van der Waals surface area (Å²) in [5, 5.41) is 3.17. The first-order chi connectivity index (χ1) is 12.1. The fourth-order valence-electron chi connectivity index (χ4n) is 2.71. The zero-order valence-corrected chi connectivity index (χ0v) is 15.4. The molecule has 2 rings (SSSR count). The third kappa shape index (κ3) is 5.16. The standard InChI is InChI=1S/C18H23NO5S/c1-3-4-10-15(21)24-11-14(20)19-17-16(18(22)23-2)12-8-6-5-7-9-13(12)25-17/h4,10H,3,5-9,11H2,1-2H3,(H,19,20)/b10-4+. The highest BCUT2D eigenvalue weighted by atomic mass is 32.1. The first-order valence-electron chi connectivity index (χ1n) is 8.42. The monoisotopic (exact) mass is 365 g/mol. The summed E-state index contributed by atoms with van der Waals surface area (Å²) in [6, 6.07) is 0. The Kier molecular flexibility index (Phi) is 7.18. The van der Waals surface area contributed by atoms with Gasteiger partial charge in [0, 0.05) is 11.0 Å². The number of anilines is 1. The molecule has 0 fully saturated rings. The Morgan fingerprint density at radius 2 is 1.96 bits per heavy atom. The van der Waals surface area contributed by atoms with Crippen LogP contribution < -0.4 is 5.32 Å². The molecule has 7 heteroatoms. The van der Waals surface area contributed by atoms with Gasteiger partial charge in [-0.15, -0.1) is 11.3 Å². The minimum atomic E-state index is -0.563. The summed E-state index contributed by atoms with van der Waals surface area (Å²) in [4.78, 5) is 36.8. The molecule has 1 amide bonds. The van der Waals surface area contributed by atoms with Gasteiger partial charge in [0.2, 0.25) is 0 Å². The molecule has 1 aromatic heterocycles. The molecule has 0 aromatic carbocycles. The van der Waals surface area contributed by atoms with Gasteiger partial charge in [0.25, 0.3) is 5.91 Å². The number of thiophene rings is 1. The average molecular weight is 365 g/mol.